The van der Waals surface area contributed by atoms with Gasteiger partial charge in [0.1, 0.15) is 6.29 Å². The van der Waals surface area contributed by atoms with Crippen molar-refractivity contribution in [1.29, 1.82) is 0 Å². The van der Waals surface area contributed by atoms with Crippen molar-refractivity contribution in [2.24, 2.45) is 5.92 Å². The van der Waals surface area contributed by atoms with E-state index in [0.717, 1.165) is 44.4 Å². The Morgan fingerprint density at radius 2 is 1.75 bits per heavy atom. The standard InChI is InChI=1S/C15H32O4Si/c1-6-18-20(8-3,19-7-2)13-9-10-15(17-5)14(4)11-12-16/h12,14-15H,6-11,13H2,1-5H3. The molecule has 0 bridgehead atoms. The molecule has 0 heterocycles. The molecule has 0 N–H and O–H groups in total. The smallest absolute Gasteiger partial charge is 0.337 e. The molecule has 5 heteroatoms. The second kappa shape index (κ2) is 11.4. The van der Waals surface area contributed by atoms with Crippen molar-refractivity contribution in [3.63, 3.8) is 0 Å². The molecular weight excluding hydrogens is 272 g/mol. The van der Waals surface area contributed by atoms with Gasteiger partial charge in [0, 0.05) is 26.7 Å². The average Bonchev–Trinajstić information content (AvgIpc) is 2.44. The van der Waals surface area contributed by atoms with Gasteiger partial charge >= 0.3 is 8.56 Å². The molecule has 0 aromatic rings. The fourth-order valence-corrected chi connectivity index (χ4v) is 5.53. The van der Waals surface area contributed by atoms with Crippen LogP contribution in [0.15, 0.2) is 0 Å². The van der Waals surface area contributed by atoms with Crippen LogP contribution in [0.2, 0.25) is 12.1 Å². The molecule has 0 saturated heterocycles. The minimum absolute atomic E-state index is 0.145. The fourth-order valence-electron chi connectivity index (χ4n) is 2.60. The minimum atomic E-state index is -2.03. The highest BCUT2D eigenvalue weighted by atomic mass is 28.4. The largest absolute Gasteiger partial charge is 0.394 e. The van der Waals surface area contributed by atoms with Gasteiger partial charge in [-0.1, -0.05) is 13.8 Å². The molecule has 0 aromatic heterocycles. The molecule has 0 rings (SSSR count). The van der Waals surface area contributed by atoms with Crippen molar-refractivity contribution in [3.05, 3.63) is 0 Å². The summed E-state index contributed by atoms with van der Waals surface area (Å²) < 4.78 is 17.4. The highest BCUT2D eigenvalue weighted by Crippen LogP contribution is 2.24. The average molecular weight is 305 g/mol. The van der Waals surface area contributed by atoms with Gasteiger partial charge in [-0.15, -0.1) is 0 Å². The van der Waals surface area contributed by atoms with Crippen LogP contribution in [0.3, 0.4) is 0 Å². The Kier molecular flexibility index (Phi) is 11.3. The molecule has 0 aliphatic rings. The molecular formula is C15H32O4Si. The molecule has 0 aliphatic heterocycles. The van der Waals surface area contributed by atoms with Crippen LogP contribution in [-0.4, -0.2) is 41.3 Å². The van der Waals surface area contributed by atoms with Crippen LogP contribution in [0, 0.1) is 5.92 Å². The Labute approximate surface area is 125 Å². The Morgan fingerprint density at radius 3 is 2.15 bits per heavy atom. The highest BCUT2D eigenvalue weighted by Gasteiger charge is 2.34. The van der Waals surface area contributed by atoms with Gasteiger partial charge in [0.05, 0.1) is 6.10 Å². The third kappa shape index (κ3) is 6.97. The number of carbonyl (C=O) groups excluding carboxylic acids is 1. The van der Waals surface area contributed by atoms with E-state index in [4.69, 9.17) is 13.6 Å². The Hall–Kier alpha value is -0.233. The number of methoxy groups -OCH3 is 1. The van der Waals surface area contributed by atoms with Crippen LogP contribution in [-0.2, 0) is 18.4 Å². The molecule has 0 fully saturated rings. The number of carbonyl (C=O) groups is 1. The summed E-state index contributed by atoms with van der Waals surface area (Å²) in [5.41, 5.74) is 0. The van der Waals surface area contributed by atoms with Crippen LogP contribution in [0.1, 0.15) is 47.0 Å². The maximum absolute atomic E-state index is 10.6. The van der Waals surface area contributed by atoms with E-state index in [-0.39, 0.29) is 12.0 Å². The second-order valence-corrected chi connectivity index (χ2v) is 8.78. The van der Waals surface area contributed by atoms with Crippen molar-refractivity contribution in [1.82, 2.24) is 0 Å². The zero-order valence-corrected chi connectivity index (χ0v) is 14.8. The molecule has 2 atom stereocenters. The van der Waals surface area contributed by atoms with Crippen LogP contribution >= 0.6 is 0 Å². The summed E-state index contributed by atoms with van der Waals surface area (Å²) in [7, 11) is -0.304. The molecule has 120 valence electrons. The Balaban J connectivity index is 4.35. The van der Waals surface area contributed by atoms with Crippen molar-refractivity contribution < 1.29 is 18.4 Å². The molecule has 0 aromatic carbocycles. The van der Waals surface area contributed by atoms with E-state index < -0.39 is 8.56 Å². The zero-order chi connectivity index (χ0) is 15.4. The van der Waals surface area contributed by atoms with Crippen molar-refractivity contribution in [3.8, 4) is 0 Å². The molecule has 0 aliphatic carbocycles. The molecule has 0 saturated carbocycles. The quantitative estimate of drug-likeness (QED) is 0.385. The van der Waals surface area contributed by atoms with Crippen LogP contribution < -0.4 is 0 Å². The number of rotatable bonds is 13. The van der Waals surface area contributed by atoms with E-state index in [0.29, 0.717) is 6.42 Å². The van der Waals surface area contributed by atoms with Gasteiger partial charge in [0.15, 0.2) is 0 Å². The summed E-state index contributed by atoms with van der Waals surface area (Å²) in [4.78, 5) is 10.6. The van der Waals surface area contributed by atoms with Gasteiger partial charge in [0.25, 0.3) is 0 Å². The molecule has 0 spiro atoms. The lowest BCUT2D eigenvalue weighted by atomic mass is 9.98. The summed E-state index contributed by atoms with van der Waals surface area (Å²) in [6.45, 7) is 9.71. The topological polar surface area (TPSA) is 44.8 Å². The van der Waals surface area contributed by atoms with E-state index in [1.807, 2.05) is 13.8 Å². The first-order valence-electron chi connectivity index (χ1n) is 7.83. The predicted molar refractivity (Wildman–Crippen MR) is 84.2 cm³/mol. The van der Waals surface area contributed by atoms with Gasteiger partial charge < -0.3 is 18.4 Å². The number of ether oxygens (including phenoxy) is 1. The Morgan fingerprint density at radius 1 is 1.15 bits per heavy atom. The van der Waals surface area contributed by atoms with Gasteiger partial charge in [-0.05, 0) is 44.7 Å². The molecule has 0 radical (unpaired) electrons. The predicted octanol–water partition coefficient (Wildman–Crippen LogP) is 3.54. The van der Waals surface area contributed by atoms with Gasteiger partial charge in [-0.25, -0.2) is 0 Å². The number of hydrogen-bond acceptors (Lipinski definition) is 4. The van der Waals surface area contributed by atoms with E-state index in [1.165, 1.54) is 0 Å². The van der Waals surface area contributed by atoms with Crippen LogP contribution in [0.25, 0.3) is 0 Å². The summed E-state index contributed by atoms with van der Waals surface area (Å²) in [5, 5.41) is 0. The molecule has 20 heavy (non-hydrogen) atoms. The first kappa shape index (κ1) is 19.8. The fraction of sp³-hybridized carbons (Fsp3) is 0.933. The lowest BCUT2D eigenvalue weighted by molar-refractivity contribution is -0.109. The SMILES string of the molecule is CCO[Si](CC)(CCCC(OC)C(C)CC=O)OCC. The third-order valence-corrected chi connectivity index (χ3v) is 7.63. The number of aldehydes is 1. The first-order valence-corrected chi connectivity index (χ1v) is 10.1. The summed E-state index contributed by atoms with van der Waals surface area (Å²) in [5.74, 6) is 0.273. The van der Waals surface area contributed by atoms with E-state index >= 15 is 0 Å². The summed E-state index contributed by atoms with van der Waals surface area (Å²) >= 11 is 0. The summed E-state index contributed by atoms with van der Waals surface area (Å²) in [6, 6.07) is 1.98. The summed E-state index contributed by atoms with van der Waals surface area (Å²) in [6.07, 6.45) is 3.67. The third-order valence-electron chi connectivity index (χ3n) is 3.81. The second-order valence-electron chi connectivity index (χ2n) is 5.18. The highest BCUT2D eigenvalue weighted by molar-refractivity contribution is 6.67. The van der Waals surface area contributed by atoms with Crippen LogP contribution in [0.4, 0.5) is 0 Å². The van der Waals surface area contributed by atoms with E-state index in [9.17, 15) is 4.79 Å². The van der Waals surface area contributed by atoms with E-state index in [1.54, 1.807) is 7.11 Å². The zero-order valence-electron chi connectivity index (χ0n) is 13.8. The monoisotopic (exact) mass is 304 g/mol. The lowest BCUT2D eigenvalue weighted by Crippen LogP contribution is -2.41. The van der Waals surface area contributed by atoms with Crippen LogP contribution in [0.5, 0.6) is 0 Å². The normalized spacial score (nSPS) is 15.1. The lowest BCUT2D eigenvalue weighted by Gasteiger charge is -2.30. The molecule has 0 amide bonds. The molecule has 2 unspecified atom stereocenters. The number of hydrogen-bond donors (Lipinski definition) is 0. The van der Waals surface area contributed by atoms with Gasteiger partial charge in [0.2, 0.25) is 0 Å². The minimum Gasteiger partial charge on any atom is -0.394 e. The van der Waals surface area contributed by atoms with Crippen molar-refractivity contribution in [2.45, 2.75) is 65.1 Å². The van der Waals surface area contributed by atoms with Gasteiger partial charge in [-0.3, -0.25) is 0 Å². The molecule has 4 nitrogen and oxygen atoms in total. The maximum Gasteiger partial charge on any atom is 0.337 e. The van der Waals surface area contributed by atoms with Crippen molar-refractivity contribution in [2.75, 3.05) is 20.3 Å². The first-order chi connectivity index (χ1) is 9.59. The van der Waals surface area contributed by atoms with Gasteiger partial charge in [-0.2, -0.15) is 0 Å². The van der Waals surface area contributed by atoms with E-state index in [2.05, 4.69) is 13.8 Å². The Bertz CT molecular complexity index is 242. The van der Waals surface area contributed by atoms with Crippen molar-refractivity contribution >= 4 is 14.8 Å². The maximum atomic E-state index is 10.6.